The van der Waals surface area contributed by atoms with Crippen LogP contribution < -0.4 is 15.9 Å². The van der Waals surface area contributed by atoms with Gasteiger partial charge in [0.05, 0.1) is 0 Å². The van der Waals surface area contributed by atoms with Crippen molar-refractivity contribution in [3.63, 3.8) is 0 Å². The third kappa shape index (κ3) is 3.85. The first-order valence-electron chi connectivity index (χ1n) is 7.57. The SMILES string of the molecule is CCc1cc(=O)oc2nc(O[C@@H](C)c3cc(Br)cc(Br)c3)[nH]c(=O)c12. The predicted molar refractivity (Wildman–Crippen MR) is 101 cm³/mol. The highest BCUT2D eigenvalue weighted by molar-refractivity contribution is 9.11. The lowest BCUT2D eigenvalue weighted by molar-refractivity contribution is 0.206. The number of aryl methyl sites for hydroxylation is 1. The molecule has 3 rings (SSSR count). The summed E-state index contributed by atoms with van der Waals surface area (Å²) in [4.78, 5) is 30.7. The minimum absolute atomic E-state index is 0.00231. The van der Waals surface area contributed by atoms with Gasteiger partial charge >= 0.3 is 5.63 Å². The molecule has 0 spiro atoms. The van der Waals surface area contributed by atoms with E-state index in [0.717, 1.165) is 14.5 Å². The van der Waals surface area contributed by atoms with E-state index in [1.54, 1.807) is 0 Å². The number of halogens is 2. The third-order valence-corrected chi connectivity index (χ3v) is 4.61. The highest BCUT2D eigenvalue weighted by Gasteiger charge is 2.15. The largest absolute Gasteiger partial charge is 0.457 e. The minimum Gasteiger partial charge on any atom is -0.457 e. The normalized spacial score (nSPS) is 12.3. The van der Waals surface area contributed by atoms with E-state index in [0.29, 0.717) is 12.0 Å². The maximum Gasteiger partial charge on any atom is 0.337 e. The van der Waals surface area contributed by atoms with Crippen molar-refractivity contribution in [2.45, 2.75) is 26.4 Å². The molecule has 25 heavy (non-hydrogen) atoms. The van der Waals surface area contributed by atoms with Gasteiger partial charge in [0.1, 0.15) is 11.5 Å². The Balaban J connectivity index is 2.02. The number of nitrogens with zero attached hydrogens (tertiary/aromatic N) is 1. The van der Waals surface area contributed by atoms with Crippen LogP contribution in [0.2, 0.25) is 0 Å². The summed E-state index contributed by atoms with van der Waals surface area (Å²) in [5.74, 6) is 0. The average Bonchev–Trinajstić information content (AvgIpc) is 2.52. The summed E-state index contributed by atoms with van der Waals surface area (Å²) in [5.41, 5.74) is 0.509. The summed E-state index contributed by atoms with van der Waals surface area (Å²) in [6.07, 6.45) is 0.144. The van der Waals surface area contributed by atoms with Crippen molar-refractivity contribution in [3.05, 3.63) is 65.1 Å². The summed E-state index contributed by atoms with van der Waals surface area (Å²) >= 11 is 6.85. The molecule has 6 nitrogen and oxygen atoms in total. The molecule has 1 aromatic carbocycles. The molecule has 3 aromatic rings. The number of aromatic amines is 1. The number of hydrogen-bond donors (Lipinski definition) is 1. The first-order valence-corrected chi connectivity index (χ1v) is 9.15. The van der Waals surface area contributed by atoms with Gasteiger partial charge in [0.2, 0.25) is 5.71 Å². The Labute approximate surface area is 159 Å². The molecular formula is C17H14Br2N2O4. The summed E-state index contributed by atoms with van der Waals surface area (Å²) < 4.78 is 12.6. The van der Waals surface area contributed by atoms with Crippen LogP contribution in [0.25, 0.3) is 11.1 Å². The Morgan fingerprint density at radius 3 is 2.52 bits per heavy atom. The second-order valence-electron chi connectivity index (χ2n) is 5.46. The summed E-state index contributed by atoms with van der Waals surface area (Å²) in [7, 11) is 0. The van der Waals surface area contributed by atoms with E-state index in [4.69, 9.17) is 9.15 Å². The van der Waals surface area contributed by atoms with Crippen LogP contribution in [0.1, 0.15) is 31.1 Å². The van der Waals surface area contributed by atoms with E-state index >= 15 is 0 Å². The zero-order valence-electron chi connectivity index (χ0n) is 13.4. The van der Waals surface area contributed by atoms with Gasteiger partial charge in [-0.1, -0.05) is 38.8 Å². The molecule has 0 bridgehead atoms. The number of hydrogen-bond acceptors (Lipinski definition) is 5. The molecule has 0 aliphatic rings. The van der Waals surface area contributed by atoms with Crippen molar-refractivity contribution >= 4 is 43.0 Å². The van der Waals surface area contributed by atoms with Crippen molar-refractivity contribution in [1.82, 2.24) is 9.97 Å². The first kappa shape index (κ1) is 17.9. The molecule has 0 aliphatic heterocycles. The smallest absolute Gasteiger partial charge is 0.337 e. The van der Waals surface area contributed by atoms with Crippen LogP contribution in [-0.2, 0) is 6.42 Å². The number of rotatable bonds is 4. The van der Waals surface area contributed by atoms with E-state index in [9.17, 15) is 9.59 Å². The Kier molecular flexibility index (Phi) is 5.10. The highest BCUT2D eigenvalue weighted by Crippen LogP contribution is 2.26. The van der Waals surface area contributed by atoms with Crippen molar-refractivity contribution in [2.75, 3.05) is 0 Å². The van der Waals surface area contributed by atoms with Gasteiger partial charge in [-0.25, -0.2) is 4.79 Å². The van der Waals surface area contributed by atoms with Gasteiger partial charge < -0.3 is 9.15 Å². The summed E-state index contributed by atoms with van der Waals surface area (Å²) in [5, 5.41) is 0.271. The first-order chi connectivity index (χ1) is 11.9. The average molecular weight is 470 g/mol. The molecule has 1 atom stereocenters. The predicted octanol–water partition coefficient (Wildman–Crippen LogP) is 4.10. The molecule has 0 fully saturated rings. The molecule has 0 aliphatic carbocycles. The Morgan fingerprint density at radius 2 is 1.88 bits per heavy atom. The number of aromatic nitrogens is 2. The standard InChI is InChI=1S/C17H14Br2N2O4/c1-3-9-6-13(22)25-16-14(9)15(23)20-17(21-16)24-8(2)10-4-11(18)7-12(19)5-10/h4-8H,3H2,1-2H3,(H,20,21,23)/t8-/m0/s1. The molecule has 0 radical (unpaired) electrons. The monoisotopic (exact) mass is 468 g/mol. The molecule has 0 saturated heterocycles. The van der Waals surface area contributed by atoms with Crippen molar-refractivity contribution < 1.29 is 9.15 Å². The lowest BCUT2D eigenvalue weighted by Gasteiger charge is -2.15. The second kappa shape index (κ2) is 7.13. The van der Waals surface area contributed by atoms with E-state index in [-0.39, 0.29) is 23.2 Å². The van der Waals surface area contributed by atoms with Gasteiger partial charge in [0.25, 0.3) is 11.6 Å². The molecule has 0 saturated carbocycles. The van der Waals surface area contributed by atoms with Crippen molar-refractivity contribution in [1.29, 1.82) is 0 Å². The van der Waals surface area contributed by atoms with E-state index in [2.05, 4.69) is 41.8 Å². The maximum atomic E-state index is 12.4. The van der Waals surface area contributed by atoms with Gasteiger partial charge in [0.15, 0.2) is 0 Å². The number of fused-ring (bicyclic) bond motifs is 1. The molecule has 130 valence electrons. The fourth-order valence-electron chi connectivity index (χ4n) is 2.51. The number of benzene rings is 1. The van der Waals surface area contributed by atoms with Crippen LogP contribution in [-0.4, -0.2) is 9.97 Å². The second-order valence-corrected chi connectivity index (χ2v) is 7.29. The zero-order valence-corrected chi connectivity index (χ0v) is 16.6. The van der Waals surface area contributed by atoms with E-state index in [1.807, 2.05) is 32.0 Å². The van der Waals surface area contributed by atoms with Crippen molar-refractivity contribution in [3.8, 4) is 6.01 Å². The van der Waals surface area contributed by atoms with Crippen LogP contribution in [0, 0.1) is 0 Å². The topological polar surface area (TPSA) is 85.2 Å². The van der Waals surface area contributed by atoms with Gasteiger partial charge in [0, 0.05) is 15.0 Å². The summed E-state index contributed by atoms with van der Waals surface area (Å²) in [6.45, 7) is 3.68. The quantitative estimate of drug-likeness (QED) is 0.621. The highest BCUT2D eigenvalue weighted by atomic mass is 79.9. The fourth-order valence-corrected chi connectivity index (χ4v) is 3.84. The van der Waals surface area contributed by atoms with Gasteiger partial charge in [-0.3, -0.25) is 9.78 Å². The molecule has 2 heterocycles. The number of H-pyrrole nitrogens is 1. The van der Waals surface area contributed by atoms with E-state index < -0.39 is 11.2 Å². The van der Waals surface area contributed by atoms with Crippen LogP contribution in [0.4, 0.5) is 0 Å². The molecule has 2 aromatic heterocycles. The van der Waals surface area contributed by atoms with Crippen LogP contribution in [0.3, 0.4) is 0 Å². The van der Waals surface area contributed by atoms with E-state index in [1.165, 1.54) is 6.07 Å². The van der Waals surface area contributed by atoms with Crippen molar-refractivity contribution in [2.24, 2.45) is 0 Å². The fraction of sp³-hybridized carbons (Fsp3) is 0.235. The molecular weight excluding hydrogens is 456 g/mol. The number of ether oxygens (including phenoxy) is 1. The lowest BCUT2D eigenvalue weighted by Crippen LogP contribution is -2.16. The van der Waals surface area contributed by atoms with Crippen LogP contribution >= 0.6 is 31.9 Å². The lowest BCUT2D eigenvalue weighted by atomic mass is 10.1. The van der Waals surface area contributed by atoms with Crippen LogP contribution in [0.15, 0.2) is 47.2 Å². The molecule has 0 unspecified atom stereocenters. The van der Waals surface area contributed by atoms with Crippen LogP contribution in [0.5, 0.6) is 6.01 Å². The third-order valence-electron chi connectivity index (χ3n) is 3.70. The molecule has 0 amide bonds. The van der Waals surface area contributed by atoms with Gasteiger partial charge in [-0.2, -0.15) is 4.98 Å². The summed E-state index contributed by atoms with van der Waals surface area (Å²) in [6, 6.07) is 7.03. The van der Waals surface area contributed by atoms with Gasteiger partial charge in [-0.05, 0) is 42.7 Å². The Hall–Kier alpha value is -1.93. The zero-order chi connectivity index (χ0) is 18.1. The maximum absolute atomic E-state index is 12.4. The Bertz CT molecular complexity index is 1040. The van der Waals surface area contributed by atoms with Gasteiger partial charge in [-0.15, -0.1) is 0 Å². The number of nitrogens with one attached hydrogen (secondary N) is 1. The molecule has 1 N–H and O–H groups in total. The minimum atomic E-state index is -0.544. The Morgan fingerprint density at radius 1 is 1.20 bits per heavy atom. The molecule has 8 heteroatoms.